The van der Waals surface area contributed by atoms with Crippen LogP contribution in [0.1, 0.15) is 18.4 Å². The quantitative estimate of drug-likeness (QED) is 0.492. The molecule has 7 heteroatoms. The molecule has 140 valence electrons. The fourth-order valence-electron chi connectivity index (χ4n) is 2.88. The fourth-order valence-corrected chi connectivity index (χ4v) is 4.98. The lowest BCUT2D eigenvalue weighted by atomic mass is 10.2. The summed E-state index contributed by atoms with van der Waals surface area (Å²) in [4.78, 5) is 19.4. The van der Waals surface area contributed by atoms with Gasteiger partial charge < -0.3 is 9.64 Å². The number of methoxy groups -OCH3 is 1. The van der Waals surface area contributed by atoms with Crippen LogP contribution in [0.5, 0.6) is 5.75 Å². The van der Waals surface area contributed by atoms with Gasteiger partial charge in [0, 0.05) is 17.6 Å². The van der Waals surface area contributed by atoms with Crippen LogP contribution in [0.25, 0.3) is 10.2 Å². The maximum atomic E-state index is 12.8. The Balaban J connectivity index is 1.40. The summed E-state index contributed by atoms with van der Waals surface area (Å²) in [5.41, 5.74) is 2.01. The first-order valence-electron chi connectivity index (χ1n) is 8.73. The first-order chi connectivity index (χ1) is 13.1. The number of halogens is 1. The topological polar surface area (TPSA) is 42.4 Å². The zero-order chi connectivity index (χ0) is 18.8. The van der Waals surface area contributed by atoms with Crippen molar-refractivity contribution < 1.29 is 9.53 Å². The third-order valence-corrected chi connectivity index (χ3v) is 6.87. The van der Waals surface area contributed by atoms with Gasteiger partial charge in [0.05, 0.1) is 23.1 Å². The SMILES string of the molecule is COc1ccc(CN(C(=O)CSc2nc3cc(Cl)ccc3s2)C2CC2)cc1. The van der Waals surface area contributed by atoms with Gasteiger partial charge in [-0.15, -0.1) is 11.3 Å². The molecular weight excluding hydrogens is 400 g/mol. The number of aromatic nitrogens is 1. The number of benzene rings is 2. The smallest absolute Gasteiger partial charge is 0.233 e. The van der Waals surface area contributed by atoms with Crippen LogP contribution in [0.15, 0.2) is 46.8 Å². The number of amides is 1. The van der Waals surface area contributed by atoms with E-state index in [-0.39, 0.29) is 5.91 Å². The van der Waals surface area contributed by atoms with Gasteiger partial charge in [0.2, 0.25) is 5.91 Å². The zero-order valence-electron chi connectivity index (χ0n) is 14.9. The molecule has 4 nitrogen and oxygen atoms in total. The average molecular weight is 419 g/mol. The molecule has 1 aliphatic rings. The van der Waals surface area contributed by atoms with E-state index in [0.29, 0.717) is 23.4 Å². The molecule has 0 N–H and O–H groups in total. The van der Waals surface area contributed by atoms with E-state index in [4.69, 9.17) is 16.3 Å². The Morgan fingerprint density at radius 3 is 2.78 bits per heavy atom. The molecule has 2 aromatic carbocycles. The van der Waals surface area contributed by atoms with Crippen molar-refractivity contribution >= 4 is 50.8 Å². The van der Waals surface area contributed by atoms with E-state index in [1.165, 1.54) is 11.8 Å². The van der Waals surface area contributed by atoms with Crippen molar-refractivity contribution in [1.82, 2.24) is 9.88 Å². The minimum atomic E-state index is 0.163. The molecule has 1 amide bonds. The lowest BCUT2D eigenvalue weighted by Gasteiger charge is -2.22. The predicted molar refractivity (Wildman–Crippen MR) is 112 cm³/mol. The van der Waals surface area contributed by atoms with Gasteiger partial charge in [-0.05, 0) is 48.7 Å². The molecule has 0 bridgehead atoms. The lowest BCUT2D eigenvalue weighted by molar-refractivity contribution is -0.129. The summed E-state index contributed by atoms with van der Waals surface area (Å²) in [6.45, 7) is 0.642. The molecule has 1 heterocycles. The van der Waals surface area contributed by atoms with Gasteiger partial charge in [-0.3, -0.25) is 4.79 Å². The number of carbonyl (C=O) groups is 1. The van der Waals surface area contributed by atoms with E-state index in [1.807, 2.05) is 47.4 Å². The van der Waals surface area contributed by atoms with E-state index in [1.54, 1.807) is 18.4 Å². The number of thioether (sulfide) groups is 1. The third kappa shape index (κ3) is 4.57. The largest absolute Gasteiger partial charge is 0.497 e. The van der Waals surface area contributed by atoms with Gasteiger partial charge in [0.15, 0.2) is 4.34 Å². The monoisotopic (exact) mass is 418 g/mol. The number of hydrogen-bond acceptors (Lipinski definition) is 5. The highest BCUT2D eigenvalue weighted by atomic mass is 35.5. The van der Waals surface area contributed by atoms with Crippen LogP contribution in [0.2, 0.25) is 5.02 Å². The van der Waals surface area contributed by atoms with Crippen molar-refractivity contribution in [2.45, 2.75) is 29.8 Å². The highest BCUT2D eigenvalue weighted by Crippen LogP contribution is 2.33. The molecule has 0 aliphatic heterocycles. The van der Waals surface area contributed by atoms with Gasteiger partial charge in [0.25, 0.3) is 0 Å². The van der Waals surface area contributed by atoms with E-state index in [0.717, 1.165) is 38.7 Å². The van der Waals surface area contributed by atoms with Crippen LogP contribution in [-0.2, 0) is 11.3 Å². The molecule has 0 spiro atoms. The molecule has 1 saturated carbocycles. The van der Waals surface area contributed by atoms with Crippen LogP contribution < -0.4 is 4.74 Å². The zero-order valence-corrected chi connectivity index (χ0v) is 17.2. The van der Waals surface area contributed by atoms with Gasteiger partial charge in [-0.2, -0.15) is 0 Å². The molecule has 0 saturated heterocycles. The molecule has 1 aromatic heterocycles. The van der Waals surface area contributed by atoms with Crippen molar-refractivity contribution in [3.05, 3.63) is 53.1 Å². The summed E-state index contributed by atoms with van der Waals surface area (Å²) in [6.07, 6.45) is 2.18. The second kappa shape index (κ2) is 8.09. The molecule has 27 heavy (non-hydrogen) atoms. The Morgan fingerprint density at radius 1 is 1.30 bits per heavy atom. The minimum absolute atomic E-state index is 0.163. The summed E-state index contributed by atoms with van der Waals surface area (Å²) in [5, 5.41) is 0.680. The summed E-state index contributed by atoms with van der Waals surface area (Å²) < 4.78 is 7.20. The van der Waals surface area contributed by atoms with Crippen molar-refractivity contribution in [3.8, 4) is 5.75 Å². The first-order valence-corrected chi connectivity index (χ1v) is 10.9. The second-order valence-corrected chi connectivity index (χ2v) is 9.17. The van der Waals surface area contributed by atoms with Crippen LogP contribution in [-0.4, -0.2) is 34.7 Å². The molecule has 0 atom stereocenters. The Hall–Kier alpha value is -1.76. The standard InChI is InChI=1S/C20H19ClN2O2S2/c1-25-16-7-2-13(3-8-16)11-23(15-5-6-15)19(24)12-26-20-22-17-10-14(21)4-9-18(17)27-20/h2-4,7-10,15H,5-6,11-12H2,1H3. The highest BCUT2D eigenvalue weighted by Gasteiger charge is 2.32. The molecule has 1 aliphatic carbocycles. The molecule has 0 unspecified atom stereocenters. The maximum absolute atomic E-state index is 12.8. The Bertz CT molecular complexity index is 954. The number of hydrogen-bond donors (Lipinski definition) is 0. The first kappa shape index (κ1) is 18.6. The van der Waals surface area contributed by atoms with Crippen LogP contribution in [0.4, 0.5) is 0 Å². The normalized spacial score (nSPS) is 13.7. The van der Waals surface area contributed by atoms with E-state index < -0.39 is 0 Å². The van der Waals surface area contributed by atoms with Gasteiger partial charge in [-0.25, -0.2) is 4.98 Å². The lowest BCUT2D eigenvalue weighted by Crippen LogP contribution is -2.33. The van der Waals surface area contributed by atoms with Crippen LogP contribution in [0.3, 0.4) is 0 Å². The minimum Gasteiger partial charge on any atom is -0.497 e. The third-order valence-electron chi connectivity index (χ3n) is 4.47. The predicted octanol–water partition coefficient (Wildman–Crippen LogP) is 5.24. The molecule has 0 radical (unpaired) electrons. The summed E-state index contributed by atoms with van der Waals surface area (Å²) in [7, 11) is 1.66. The second-order valence-electron chi connectivity index (χ2n) is 6.48. The molecule has 4 rings (SSSR count). The Morgan fingerprint density at radius 2 is 2.07 bits per heavy atom. The average Bonchev–Trinajstić information content (AvgIpc) is 3.44. The van der Waals surface area contributed by atoms with E-state index in [9.17, 15) is 4.79 Å². The van der Waals surface area contributed by atoms with Crippen LogP contribution in [0, 0.1) is 0 Å². The highest BCUT2D eigenvalue weighted by molar-refractivity contribution is 8.01. The van der Waals surface area contributed by atoms with E-state index >= 15 is 0 Å². The summed E-state index contributed by atoms with van der Waals surface area (Å²) in [5.74, 6) is 1.39. The number of ether oxygens (including phenoxy) is 1. The summed E-state index contributed by atoms with van der Waals surface area (Å²) in [6, 6.07) is 14.0. The molecular formula is C20H19ClN2O2S2. The van der Waals surface area contributed by atoms with Crippen molar-refractivity contribution in [1.29, 1.82) is 0 Å². The number of nitrogens with zero attached hydrogens (tertiary/aromatic N) is 2. The van der Waals surface area contributed by atoms with Crippen LogP contribution >= 0.6 is 34.7 Å². The van der Waals surface area contributed by atoms with Gasteiger partial charge in [-0.1, -0.05) is 35.5 Å². The number of rotatable bonds is 7. The maximum Gasteiger partial charge on any atom is 0.233 e. The molecule has 1 fully saturated rings. The van der Waals surface area contributed by atoms with Gasteiger partial charge in [0.1, 0.15) is 5.75 Å². The number of thiazole rings is 1. The number of carbonyl (C=O) groups excluding carboxylic acids is 1. The molecule has 3 aromatic rings. The van der Waals surface area contributed by atoms with Crippen molar-refractivity contribution in [2.75, 3.05) is 12.9 Å². The summed E-state index contributed by atoms with van der Waals surface area (Å²) >= 11 is 9.13. The van der Waals surface area contributed by atoms with Gasteiger partial charge >= 0.3 is 0 Å². The Labute approximate surface area is 171 Å². The van der Waals surface area contributed by atoms with Crippen molar-refractivity contribution in [3.63, 3.8) is 0 Å². The van der Waals surface area contributed by atoms with E-state index in [2.05, 4.69) is 4.98 Å². The number of fused-ring (bicyclic) bond motifs is 1. The van der Waals surface area contributed by atoms with Crippen molar-refractivity contribution in [2.24, 2.45) is 0 Å². The Kier molecular flexibility index (Phi) is 5.57. The fraction of sp³-hybridized carbons (Fsp3) is 0.300.